The summed E-state index contributed by atoms with van der Waals surface area (Å²) in [5, 5.41) is 0.621. The van der Waals surface area contributed by atoms with E-state index in [1.54, 1.807) is 24.3 Å². The van der Waals surface area contributed by atoms with Crippen LogP contribution in [0.5, 0.6) is 0 Å². The third-order valence-electron chi connectivity index (χ3n) is 2.34. The van der Waals surface area contributed by atoms with Crippen molar-refractivity contribution in [2.24, 2.45) is 11.1 Å². The van der Waals surface area contributed by atoms with Gasteiger partial charge in [-0.25, -0.2) is 0 Å². The van der Waals surface area contributed by atoms with E-state index in [4.69, 9.17) is 17.3 Å². The first-order chi connectivity index (χ1) is 6.82. The number of hydrogen-bond acceptors (Lipinski definition) is 2. The Morgan fingerprint density at radius 2 is 1.69 bits per heavy atom. The second kappa shape index (κ2) is 5.67. The second-order valence-corrected chi connectivity index (χ2v) is 5.15. The van der Waals surface area contributed by atoms with E-state index in [2.05, 4.69) is 0 Å². The molecule has 1 unspecified atom stereocenters. The molecule has 1 aromatic carbocycles. The maximum Gasteiger partial charge on any atom is 0.180 e. The lowest BCUT2D eigenvalue weighted by atomic mass is 9.83. The topological polar surface area (TPSA) is 43.1 Å². The SMILES string of the molecule is CC(C)(C)C(N)C(=O)c1ccc(Cl)cc1.Cl. The van der Waals surface area contributed by atoms with Crippen molar-refractivity contribution >= 4 is 29.8 Å². The fourth-order valence-electron chi connectivity index (χ4n) is 1.19. The predicted molar refractivity (Wildman–Crippen MR) is 70.5 cm³/mol. The summed E-state index contributed by atoms with van der Waals surface area (Å²) in [6, 6.07) is 6.32. The third kappa shape index (κ3) is 3.78. The Hall–Kier alpha value is -0.570. The Labute approximate surface area is 108 Å². The average Bonchev–Trinajstić information content (AvgIpc) is 2.15. The Bertz CT molecular complexity index is 354. The summed E-state index contributed by atoms with van der Waals surface area (Å²) in [6.45, 7) is 5.85. The standard InChI is InChI=1S/C12H16ClNO.ClH/c1-12(2,3)11(14)10(15)8-4-6-9(13)7-5-8;/h4-7,11H,14H2,1-3H3;1H. The molecular weight excluding hydrogens is 245 g/mol. The van der Waals surface area contributed by atoms with Gasteiger partial charge in [-0.1, -0.05) is 32.4 Å². The molecule has 0 heterocycles. The Balaban J connectivity index is 0.00000225. The van der Waals surface area contributed by atoms with Crippen molar-refractivity contribution < 1.29 is 4.79 Å². The number of nitrogens with two attached hydrogens (primary N) is 1. The molecule has 4 heteroatoms. The predicted octanol–water partition coefficient (Wildman–Crippen LogP) is 3.32. The summed E-state index contributed by atoms with van der Waals surface area (Å²) < 4.78 is 0. The molecule has 0 bridgehead atoms. The van der Waals surface area contributed by atoms with Gasteiger partial charge in [-0.05, 0) is 29.7 Å². The van der Waals surface area contributed by atoms with Crippen LogP contribution in [-0.2, 0) is 0 Å². The zero-order valence-corrected chi connectivity index (χ0v) is 11.2. The van der Waals surface area contributed by atoms with Crippen LogP contribution in [0.15, 0.2) is 24.3 Å². The van der Waals surface area contributed by atoms with Gasteiger partial charge in [0.15, 0.2) is 5.78 Å². The molecule has 0 aliphatic carbocycles. The maximum absolute atomic E-state index is 11.9. The van der Waals surface area contributed by atoms with Gasteiger partial charge in [0.05, 0.1) is 6.04 Å². The highest BCUT2D eigenvalue weighted by Gasteiger charge is 2.27. The normalized spacial score (nSPS) is 12.8. The summed E-state index contributed by atoms with van der Waals surface area (Å²) in [5.74, 6) is -0.0424. The van der Waals surface area contributed by atoms with Gasteiger partial charge in [0.2, 0.25) is 0 Å². The number of carbonyl (C=O) groups is 1. The van der Waals surface area contributed by atoms with Gasteiger partial charge in [-0.3, -0.25) is 4.79 Å². The van der Waals surface area contributed by atoms with Crippen molar-refractivity contribution in [1.82, 2.24) is 0 Å². The molecule has 1 rings (SSSR count). The number of carbonyl (C=O) groups excluding carboxylic acids is 1. The molecule has 90 valence electrons. The van der Waals surface area contributed by atoms with Gasteiger partial charge in [-0.2, -0.15) is 0 Å². The first kappa shape index (κ1) is 15.4. The van der Waals surface area contributed by atoms with Crippen molar-refractivity contribution in [3.8, 4) is 0 Å². The molecule has 2 nitrogen and oxygen atoms in total. The number of benzene rings is 1. The zero-order chi connectivity index (χ0) is 11.6. The van der Waals surface area contributed by atoms with Crippen LogP contribution in [-0.4, -0.2) is 11.8 Å². The number of rotatable bonds is 2. The van der Waals surface area contributed by atoms with E-state index in [1.807, 2.05) is 20.8 Å². The van der Waals surface area contributed by atoms with Crippen LogP contribution in [0.3, 0.4) is 0 Å². The Morgan fingerprint density at radius 1 is 1.25 bits per heavy atom. The van der Waals surface area contributed by atoms with Crippen molar-refractivity contribution in [2.45, 2.75) is 26.8 Å². The number of Topliss-reactive ketones (excluding diaryl/α,β-unsaturated/α-hetero) is 1. The molecule has 2 N–H and O–H groups in total. The summed E-state index contributed by atoms with van der Waals surface area (Å²) in [4.78, 5) is 11.9. The van der Waals surface area contributed by atoms with Crippen LogP contribution < -0.4 is 5.73 Å². The van der Waals surface area contributed by atoms with E-state index in [0.717, 1.165) is 0 Å². The lowest BCUT2D eigenvalue weighted by Crippen LogP contribution is -2.42. The molecule has 0 aliphatic heterocycles. The van der Waals surface area contributed by atoms with Gasteiger partial charge in [0.1, 0.15) is 0 Å². The van der Waals surface area contributed by atoms with Crippen LogP contribution in [0.25, 0.3) is 0 Å². The summed E-state index contributed by atoms with van der Waals surface area (Å²) in [7, 11) is 0. The fraction of sp³-hybridized carbons (Fsp3) is 0.417. The Kier molecular flexibility index (Phi) is 5.47. The van der Waals surface area contributed by atoms with Crippen LogP contribution in [0.2, 0.25) is 5.02 Å². The van der Waals surface area contributed by atoms with Gasteiger partial charge >= 0.3 is 0 Å². The minimum Gasteiger partial charge on any atom is -0.321 e. The van der Waals surface area contributed by atoms with Crippen LogP contribution in [0.1, 0.15) is 31.1 Å². The number of hydrogen-bond donors (Lipinski definition) is 1. The number of halogens is 2. The van der Waals surface area contributed by atoms with E-state index >= 15 is 0 Å². The molecule has 1 aromatic rings. The first-order valence-electron chi connectivity index (χ1n) is 4.88. The summed E-state index contributed by atoms with van der Waals surface area (Å²) in [5.41, 5.74) is 6.27. The third-order valence-corrected chi connectivity index (χ3v) is 2.60. The van der Waals surface area contributed by atoms with Crippen molar-refractivity contribution in [1.29, 1.82) is 0 Å². The Morgan fingerprint density at radius 3 is 2.06 bits per heavy atom. The van der Waals surface area contributed by atoms with Crippen molar-refractivity contribution in [2.75, 3.05) is 0 Å². The largest absolute Gasteiger partial charge is 0.321 e. The molecule has 0 radical (unpaired) electrons. The van der Waals surface area contributed by atoms with Crippen molar-refractivity contribution in [3.05, 3.63) is 34.9 Å². The lowest BCUT2D eigenvalue weighted by molar-refractivity contribution is 0.0901. The molecule has 0 aliphatic rings. The second-order valence-electron chi connectivity index (χ2n) is 4.71. The van der Waals surface area contributed by atoms with E-state index in [-0.39, 0.29) is 23.6 Å². The van der Waals surface area contributed by atoms with Gasteiger partial charge < -0.3 is 5.73 Å². The smallest absolute Gasteiger partial charge is 0.180 e. The van der Waals surface area contributed by atoms with Gasteiger partial charge in [-0.15, -0.1) is 12.4 Å². The van der Waals surface area contributed by atoms with Crippen LogP contribution in [0, 0.1) is 5.41 Å². The minimum atomic E-state index is -0.487. The minimum absolute atomic E-state index is 0. The highest BCUT2D eigenvalue weighted by Crippen LogP contribution is 2.21. The average molecular weight is 262 g/mol. The van der Waals surface area contributed by atoms with E-state index in [0.29, 0.717) is 10.6 Å². The van der Waals surface area contributed by atoms with E-state index in [1.165, 1.54) is 0 Å². The molecule has 0 saturated carbocycles. The van der Waals surface area contributed by atoms with Crippen LogP contribution >= 0.6 is 24.0 Å². The van der Waals surface area contributed by atoms with Gasteiger partial charge in [0, 0.05) is 10.6 Å². The van der Waals surface area contributed by atoms with Gasteiger partial charge in [0.25, 0.3) is 0 Å². The molecule has 16 heavy (non-hydrogen) atoms. The van der Waals surface area contributed by atoms with E-state index < -0.39 is 6.04 Å². The maximum atomic E-state index is 11.9. The first-order valence-corrected chi connectivity index (χ1v) is 5.25. The molecule has 0 fully saturated rings. The quantitative estimate of drug-likeness (QED) is 0.831. The molecule has 0 saturated heterocycles. The summed E-state index contributed by atoms with van der Waals surface area (Å²) in [6.07, 6.45) is 0. The summed E-state index contributed by atoms with van der Waals surface area (Å²) >= 11 is 5.74. The highest BCUT2D eigenvalue weighted by molar-refractivity contribution is 6.30. The lowest BCUT2D eigenvalue weighted by Gasteiger charge is -2.25. The van der Waals surface area contributed by atoms with E-state index in [9.17, 15) is 4.79 Å². The van der Waals surface area contributed by atoms with Crippen molar-refractivity contribution in [3.63, 3.8) is 0 Å². The molecule has 1 atom stereocenters. The monoisotopic (exact) mass is 261 g/mol. The fourth-order valence-corrected chi connectivity index (χ4v) is 1.31. The molecule has 0 amide bonds. The van der Waals surface area contributed by atoms with Crippen LogP contribution in [0.4, 0.5) is 0 Å². The number of ketones is 1. The molecule has 0 spiro atoms. The molecular formula is C12H17Cl2NO. The highest BCUT2D eigenvalue weighted by atomic mass is 35.5. The zero-order valence-electron chi connectivity index (χ0n) is 9.66. The molecule has 0 aromatic heterocycles.